The lowest BCUT2D eigenvalue weighted by Crippen LogP contribution is -2.25. The van der Waals surface area contributed by atoms with Gasteiger partial charge in [-0.1, -0.05) is 24.3 Å². The molecule has 134 valence electrons. The van der Waals surface area contributed by atoms with Gasteiger partial charge in [0.05, 0.1) is 12.9 Å². The molecule has 0 aliphatic carbocycles. The van der Waals surface area contributed by atoms with E-state index >= 15 is 0 Å². The number of nitrogens with one attached hydrogen (secondary N) is 2. The first-order valence-electron chi connectivity index (χ1n) is 7.46. The number of halogens is 1. The van der Waals surface area contributed by atoms with Crippen LogP contribution < -0.4 is 14.8 Å². The zero-order chi connectivity index (χ0) is 18.4. The summed E-state index contributed by atoms with van der Waals surface area (Å²) in [6.07, 6.45) is 0. The van der Waals surface area contributed by atoms with Gasteiger partial charge in [-0.15, -0.1) is 0 Å². The Morgan fingerprint density at radius 1 is 1.16 bits per heavy atom. The predicted octanol–water partition coefficient (Wildman–Crippen LogP) is 1.81. The van der Waals surface area contributed by atoms with Crippen LogP contribution >= 0.6 is 0 Å². The van der Waals surface area contributed by atoms with Gasteiger partial charge < -0.3 is 10.1 Å². The van der Waals surface area contributed by atoms with E-state index in [0.29, 0.717) is 11.1 Å². The molecule has 2 aromatic rings. The Hall–Kier alpha value is -2.45. The van der Waals surface area contributed by atoms with Crippen molar-refractivity contribution in [1.29, 1.82) is 0 Å². The van der Waals surface area contributed by atoms with Crippen molar-refractivity contribution in [3.05, 3.63) is 65.0 Å². The number of hydrogen-bond acceptors (Lipinski definition) is 4. The summed E-state index contributed by atoms with van der Waals surface area (Å²) in [7, 11) is -0.739. The van der Waals surface area contributed by atoms with Crippen molar-refractivity contribution in [2.45, 2.75) is 12.3 Å². The van der Waals surface area contributed by atoms with Gasteiger partial charge in [0, 0.05) is 12.1 Å². The van der Waals surface area contributed by atoms with E-state index in [2.05, 4.69) is 10.0 Å². The van der Waals surface area contributed by atoms with E-state index in [-0.39, 0.29) is 23.6 Å². The van der Waals surface area contributed by atoms with Crippen molar-refractivity contribution in [1.82, 2.24) is 10.0 Å². The summed E-state index contributed by atoms with van der Waals surface area (Å²) in [5.74, 6) is -1.23. The minimum Gasteiger partial charge on any atom is -0.494 e. The Labute approximate surface area is 146 Å². The Morgan fingerprint density at radius 2 is 1.84 bits per heavy atom. The second kappa shape index (κ2) is 8.09. The van der Waals surface area contributed by atoms with Gasteiger partial charge in [0.25, 0.3) is 5.91 Å². The number of benzene rings is 2. The van der Waals surface area contributed by atoms with Crippen LogP contribution in [0.5, 0.6) is 5.75 Å². The molecule has 0 bridgehead atoms. The zero-order valence-corrected chi connectivity index (χ0v) is 14.7. The summed E-state index contributed by atoms with van der Waals surface area (Å²) in [4.78, 5) is 12.2. The van der Waals surface area contributed by atoms with Crippen molar-refractivity contribution < 1.29 is 22.3 Å². The average molecular weight is 366 g/mol. The van der Waals surface area contributed by atoms with E-state index in [0.717, 1.165) is 6.07 Å². The van der Waals surface area contributed by atoms with Gasteiger partial charge in [-0.2, -0.15) is 0 Å². The highest BCUT2D eigenvalue weighted by atomic mass is 32.2. The van der Waals surface area contributed by atoms with Crippen molar-refractivity contribution >= 4 is 15.9 Å². The third-order valence-electron chi connectivity index (χ3n) is 3.63. The van der Waals surface area contributed by atoms with Crippen LogP contribution in [0.25, 0.3) is 0 Å². The van der Waals surface area contributed by atoms with Gasteiger partial charge in [0.1, 0.15) is 0 Å². The molecule has 0 fully saturated rings. The molecule has 2 aromatic carbocycles. The maximum atomic E-state index is 13.7. The fourth-order valence-electron chi connectivity index (χ4n) is 2.23. The summed E-state index contributed by atoms with van der Waals surface area (Å²) in [5.41, 5.74) is 1.40. The summed E-state index contributed by atoms with van der Waals surface area (Å²) in [5, 5.41) is 2.66. The quantitative estimate of drug-likeness (QED) is 0.783. The summed E-state index contributed by atoms with van der Waals surface area (Å²) in [6, 6.07) is 10.8. The van der Waals surface area contributed by atoms with Gasteiger partial charge in [-0.25, -0.2) is 17.5 Å². The predicted molar refractivity (Wildman–Crippen MR) is 92.2 cm³/mol. The Morgan fingerprint density at radius 3 is 2.44 bits per heavy atom. The number of sulfonamides is 1. The lowest BCUT2D eigenvalue weighted by Gasteiger charge is -2.11. The Bertz CT molecular complexity index is 869. The molecule has 0 spiro atoms. The van der Waals surface area contributed by atoms with Crippen LogP contribution in [0.15, 0.2) is 42.5 Å². The van der Waals surface area contributed by atoms with Crippen LogP contribution in [0.1, 0.15) is 21.5 Å². The third-order valence-corrected chi connectivity index (χ3v) is 4.94. The van der Waals surface area contributed by atoms with Crippen LogP contribution in [0.3, 0.4) is 0 Å². The highest BCUT2D eigenvalue weighted by Crippen LogP contribution is 2.18. The van der Waals surface area contributed by atoms with E-state index < -0.39 is 21.7 Å². The second-order valence-electron chi connectivity index (χ2n) is 5.26. The first-order chi connectivity index (χ1) is 11.9. The molecular weight excluding hydrogens is 347 g/mol. The number of carbonyl (C=O) groups is 1. The zero-order valence-electron chi connectivity index (χ0n) is 13.9. The summed E-state index contributed by atoms with van der Waals surface area (Å²) >= 11 is 0. The lowest BCUT2D eigenvalue weighted by molar-refractivity contribution is 0.0950. The molecule has 0 saturated carbocycles. The highest BCUT2D eigenvalue weighted by Gasteiger charge is 2.14. The number of carbonyl (C=O) groups excluding carboxylic acids is 1. The van der Waals surface area contributed by atoms with Gasteiger partial charge in [0.15, 0.2) is 11.6 Å². The first-order valence-corrected chi connectivity index (χ1v) is 9.11. The number of ether oxygens (including phenoxy) is 1. The van der Waals surface area contributed by atoms with Crippen LogP contribution in [0.2, 0.25) is 0 Å². The Balaban J connectivity index is 2.11. The third kappa shape index (κ3) is 5.01. The number of rotatable bonds is 7. The van der Waals surface area contributed by atoms with Gasteiger partial charge in [0.2, 0.25) is 10.0 Å². The maximum absolute atomic E-state index is 13.7. The van der Waals surface area contributed by atoms with Gasteiger partial charge >= 0.3 is 0 Å². The van der Waals surface area contributed by atoms with E-state index in [9.17, 15) is 17.6 Å². The smallest absolute Gasteiger partial charge is 0.251 e. The molecule has 1 amide bonds. The molecule has 0 aliphatic rings. The molecule has 0 heterocycles. The minimum absolute atomic E-state index is 0.0548. The normalized spacial score (nSPS) is 11.2. The van der Waals surface area contributed by atoms with Crippen LogP contribution in [-0.2, 0) is 22.3 Å². The molecule has 2 N–H and O–H groups in total. The number of methoxy groups -OCH3 is 1. The van der Waals surface area contributed by atoms with E-state index in [4.69, 9.17) is 4.74 Å². The maximum Gasteiger partial charge on any atom is 0.251 e. The van der Waals surface area contributed by atoms with Gasteiger partial charge in [-0.05, 0) is 36.4 Å². The van der Waals surface area contributed by atoms with Gasteiger partial charge in [-0.3, -0.25) is 4.79 Å². The largest absolute Gasteiger partial charge is 0.494 e. The van der Waals surface area contributed by atoms with E-state index in [1.807, 2.05) is 0 Å². The molecule has 0 aliphatic heterocycles. The molecule has 0 radical (unpaired) electrons. The van der Waals surface area contributed by atoms with E-state index in [1.165, 1.54) is 26.3 Å². The number of hydrogen-bond donors (Lipinski definition) is 2. The van der Waals surface area contributed by atoms with Crippen molar-refractivity contribution in [2.24, 2.45) is 0 Å². The van der Waals surface area contributed by atoms with Crippen molar-refractivity contribution in [2.75, 3.05) is 14.2 Å². The fourth-order valence-corrected chi connectivity index (χ4v) is 3.07. The highest BCUT2D eigenvalue weighted by molar-refractivity contribution is 7.88. The molecule has 2 rings (SSSR count). The molecule has 0 atom stereocenters. The summed E-state index contributed by atoms with van der Waals surface area (Å²) < 4.78 is 44.2. The van der Waals surface area contributed by atoms with Crippen molar-refractivity contribution in [3.8, 4) is 5.75 Å². The molecule has 8 heteroatoms. The molecule has 6 nitrogen and oxygen atoms in total. The first kappa shape index (κ1) is 18.9. The lowest BCUT2D eigenvalue weighted by atomic mass is 10.1. The number of amides is 1. The topological polar surface area (TPSA) is 84.5 Å². The van der Waals surface area contributed by atoms with E-state index in [1.54, 1.807) is 24.3 Å². The average Bonchev–Trinajstić information content (AvgIpc) is 2.60. The van der Waals surface area contributed by atoms with Crippen LogP contribution in [0.4, 0.5) is 4.39 Å². The van der Waals surface area contributed by atoms with Crippen molar-refractivity contribution in [3.63, 3.8) is 0 Å². The fraction of sp³-hybridized carbons (Fsp3) is 0.235. The molecule has 0 unspecified atom stereocenters. The molecular formula is C17H19FN2O4S. The molecule has 25 heavy (non-hydrogen) atoms. The monoisotopic (exact) mass is 366 g/mol. The minimum atomic E-state index is -3.43. The molecule has 0 aromatic heterocycles. The summed E-state index contributed by atoms with van der Waals surface area (Å²) in [6.45, 7) is 0.127. The standard InChI is InChI=1S/C17H19FN2O4S/c1-19-25(22,23)11-14-6-4-3-5-13(14)10-20-17(21)12-7-8-16(24-2)15(18)9-12/h3-9,19H,10-11H2,1-2H3,(H,20,21). The van der Waals surface area contributed by atoms with Crippen LogP contribution in [0, 0.1) is 5.82 Å². The van der Waals surface area contributed by atoms with Crippen LogP contribution in [-0.4, -0.2) is 28.5 Å². The SMILES string of the molecule is CNS(=O)(=O)Cc1ccccc1CNC(=O)c1ccc(OC)c(F)c1. The molecule has 0 saturated heterocycles. The Kier molecular flexibility index (Phi) is 6.11. The second-order valence-corrected chi connectivity index (χ2v) is 7.19.